The Bertz CT molecular complexity index is 293. The quantitative estimate of drug-likeness (QED) is 0.437. The summed E-state index contributed by atoms with van der Waals surface area (Å²) in [6.45, 7) is 11.3. The first-order chi connectivity index (χ1) is 9.99. The van der Waals surface area contributed by atoms with Gasteiger partial charge in [-0.15, -0.1) is 0 Å². The fraction of sp³-hybridized carbons (Fsp3) is 0.933. The molecule has 21 heavy (non-hydrogen) atoms. The van der Waals surface area contributed by atoms with Crippen molar-refractivity contribution in [3.8, 4) is 0 Å². The highest BCUT2D eigenvalue weighted by atomic mass is 32.1. The minimum atomic E-state index is -0.259. The van der Waals surface area contributed by atoms with E-state index in [1.807, 2.05) is 0 Å². The Hall–Kier alpha value is -0.300. The van der Waals surface area contributed by atoms with Crippen molar-refractivity contribution in [2.75, 3.05) is 39.4 Å². The minimum Gasteiger partial charge on any atom is -0.378 e. The van der Waals surface area contributed by atoms with Crippen LogP contribution in [-0.4, -0.2) is 67.5 Å². The van der Waals surface area contributed by atoms with Crippen LogP contribution in [0, 0.1) is 0 Å². The summed E-state index contributed by atoms with van der Waals surface area (Å²) in [6.07, 6.45) is 2.43. The zero-order valence-corrected chi connectivity index (χ0v) is 14.5. The number of carbonyl (C=O) groups is 1. The zero-order chi connectivity index (χ0) is 15.7. The smallest absolute Gasteiger partial charge is 0.232 e. The number of nitrogens with one attached hydrogen (secondary N) is 2. The van der Waals surface area contributed by atoms with Gasteiger partial charge in [-0.05, 0) is 32.9 Å². The predicted octanol–water partition coefficient (Wildman–Crippen LogP) is 0.900. The SMILES string of the molecule is CC(C)NC1CCN(CCOCCNC(=O)C(C)S)CC1. The van der Waals surface area contributed by atoms with Crippen molar-refractivity contribution in [2.45, 2.75) is 50.9 Å². The van der Waals surface area contributed by atoms with Gasteiger partial charge in [0.15, 0.2) is 0 Å². The highest BCUT2D eigenvalue weighted by Gasteiger charge is 2.18. The van der Waals surface area contributed by atoms with Gasteiger partial charge in [0.05, 0.1) is 18.5 Å². The van der Waals surface area contributed by atoms with Crippen LogP contribution in [0.15, 0.2) is 0 Å². The van der Waals surface area contributed by atoms with E-state index < -0.39 is 0 Å². The van der Waals surface area contributed by atoms with E-state index in [9.17, 15) is 4.79 Å². The Balaban J connectivity index is 1.96. The van der Waals surface area contributed by atoms with Crippen LogP contribution in [0.25, 0.3) is 0 Å². The lowest BCUT2D eigenvalue weighted by Crippen LogP contribution is -2.45. The molecular formula is C15H31N3O2S. The van der Waals surface area contributed by atoms with Crippen LogP contribution in [0.5, 0.6) is 0 Å². The van der Waals surface area contributed by atoms with Gasteiger partial charge in [0.1, 0.15) is 0 Å². The second-order valence-corrected chi connectivity index (χ2v) is 6.79. The molecule has 0 spiro atoms. The second kappa shape index (κ2) is 10.4. The van der Waals surface area contributed by atoms with Gasteiger partial charge >= 0.3 is 0 Å². The van der Waals surface area contributed by atoms with Crippen LogP contribution in [0.2, 0.25) is 0 Å². The Morgan fingerprint density at radius 3 is 2.52 bits per heavy atom. The summed E-state index contributed by atoms with van der Waals surface area (Å²) in [5.41, 5.74) is 0. The number of ether oxygens (including phenoxy) is 1. The topological polar surface area (TPSA) is 53.6 Å². The molecule has 1 atom stereocenters. The third kappa shape index (κ3) is 8.66. The Labute approximate surface area is 134 Å². The van der Waals surface area contributed by atoms with Crippen LogP contribution in [0.1, 0.15) is 33.6 Å². The molecule has 1 fully saturated rings. The molecule has 0 aliphatic carbocycles. The largest absolute Gasteiger partial charge is 0.378 e. The number of rotatable bonds is 9. The van der Waals surface area contributed by atoms with Crippen molar-refractivity contribution in [3.05, 3.63) is 0 Å². The standard InChI is InChI=1S/C15H31N3O2S/c1-12(2)17-14-4-7-18(8-5-14)9-11-20-10-6-16-15(19)13(3)21/h12-14,17,21H,4-11H2,1-3H3,(H,16,19). The maximum Gasteiger partial charge on any atom is 0.232 e. The summed E-state index contributed by atoms with van der Waals surface area (Å²) in [6, 6.07) is 1.24. The van der Waals surface area contributed by atoms with Gasteiger partial charge in [-0.1, -0.05) is 13.8 Å². The van der Waals surface area contributed by atoms with E-state index >= 15 is 0 Å². The normalized spacial score (nSPS) is 18.9. The summed E-state index contributed by atoms with van der Waals surface area (Å²) in [4.78, 5) is 13.7. The van der Waals surface area contributed by atoms with E-state index in [2.05, 4.69) is 42.0 Å². The van der Waals surface area contributed by atoms with Gasteiger partial charge in [-0.25, -0.2) is 0 Å². The number of hydrogen-bond acceptors (Lipinski definition) is 5. The molecule has 5 nitrogen and oxygen atoms in total. The van der Waals surface area contributed by atoms with Gasteiger partial charge in [-0.2, -0.15) is 12.6 Å². The molecule has 1 rings (SSSR count). The van der Waals surface area contributed by atoms with Crippen LogP contribution < -0.4 is 10.6 Å². The zero-order valence-electron chi connectivity index (χ0n) is 13.6. The lowest BCUT2D eigenvalue weighted by atomic mass is 10.0. The van der Waals surface area contributed by atoms with Crippen LogP contribution in [-0.2, 0) is 9.53 Å². The first-order valence-corrected chi connectivity index (χ1v) is 8.52. The molecule has 1 saturated heterocycles. The fourth-order valence-electron chi connectivity index (χ4n) is 2.48. The third-order valence-electron chi connectivity index (χ3n) is 3.63. The molecule has 1 aliphatic heterocycles. The Kier molecular flexibility index (Phi) is 9.31. The van der Waals surface area contributed by atoms with Crippen molar-refractivity contribution >= 4 is 18.5 Å². The molecule has 0 aromatic rings. The van der Waals surface area contributed by atoms with Crippen molar-refractivity contribution in [3.63, 3.8) is 0 Å². The number of hydrogen-bond donors (Lipinski definition) is 3. The maximum absolute atomic E-state index is 11.3. The molecule has 1 aliphatic rings. The molecule has 0 bridgehead atoms. The third-order valence-corrected chi connectivity index (χ3v) is 3.87. The molecule has 0 radical (unpaired) electrons. The number of thiol groups is 1. The molecule has 2 N–H and O–H groups in total. The van der Waals surface area contributed by atoms with E-state index in [0.29, 0.717) is 25.2 Å². The van der Waals surface area contributed by atoms with E-state index in [0.717, 1.165) is 26.2 Å². The van der Waals surface area contributed by atoms with Gasteiger partial charge in [-0.3, -0.25) is 4.79 Å². The number of nitrogens with zero attached hydrogens (tertiary/aromatic N) is 1. The highest BCUT2D eigenvalue weighted by Crippen LogP contribution is 2.10. The van der Waals surface area contributed by atoms with Crippen molar-refractivity contribution < 1.29 is 9.53 Å². The van der Waals surface area contributed by atoms with Crippen molar-refractivity contribution in [2.24, 2.45) is 0 Å². The summed E-state index contributed by atoms with van der Waals surface area (Å²) in [7, 11) is 0. The molecular weight excluding hydrogens is 286 g/mol. The van der Waals surface area contributed by atoms with Crippen LogP contribution in [0.4, 0.5) is 0 Å². The lowest BCUT2D eigenvalue weighted by molar-refractivity contribution is -0.120. The molecule has 1 unspecified atom stereocenters. The summed E-state index contributed by atoms with van der Waals surface area (Å²) >= 11 is 4.07. The summed E-state index contributed by atoms with van der Waals surface area (Å²) < 4.78 is 5.56. The number of piperidine rings is 1. The predicted molar refractivity (Wildman–Crippen MR) is 90.0 cm³/mol. The van der Waals surface area contributed by atoms with Crippen LogP contribution >= 0.6 is 12.6 Å². The van der Waals surface area contributed by atoms with Crippen molar-refractivity contribution in [1.29, 1.82) is 0 Å². The number of amides is 1. The van der Waals surface area contributed by atoms with E-state index in [4.69, 9.17) is 4.74 Å². The summed E-state index contributed by atoms with van der Waals surface area (Å²) in [5.74, 6) is -0.0401. The van der Waals surface area contributed by atoms with E-state index in [1.165, 1.54) is 12.8 Å². The van der Waals surface area contributed by atoms with Crippen LogP contribution in [0.3, 0.4) is 0 Å². The lowest BCUT2D eigenvalue weighted by Gasteiger charge is -2.33. The molecule has 0 saturated carbocycles. The monoisotopic (exact) mass is 317 g/mol. The van der Waals surface area contributed by atoms with Crippen molar-refractivity contribution in [1.82, 2.24) is 15.5 Å². The summed E-state index contributed by atoms with van der Waals surface area (Å²) in [5, 5.41) is 6.13. The average Bonchev–Trinajstić information content (AvgIpc) is 2.43. The fourth-order valence-corrected chi connectivity index (χ4v) is 2.58. The van der Waals surface area contributed by atoms with E-state index in [1.54, 1.807) is 6.92 Å². The van der Waals surface area contributed by atoms with Gasteiger partial charge < -0.3 is 20.3 Å². The molecule has 0 aromatic heterocycles. The second-order valence-electron chi connectivity index (χ2n) is 6.02. The molecule has 6 heteroatoms. The average molecular weight is 317 g/mol. The first-order valence-electron chi connectivity index (χ1n) is 8.01. The maximum atomic E-state index is 11.3. The first kappa shape index (κ1) is 18.7. The molecule has 124 valence electrons. The highest BCUT2D eigenvalue weighted by molar-refractivity contribution is 7.81. The van der Waals surface area contributed by atoms with Gasteiger partial charge in [0.25, 0.3) is 0 Å². The molecule has 0 aromatic carbocycles. The molecule has 1 amide bonds. The number of carbonyl (C=O) groups excluding carboxylic acids is 1. The Morgan fingerprint density at radius 1 is 1.29 bits per heavy atom. The molecule has 1 heterocycles. The van der Waals surface area contributed by atoms with Gasteiger partial charge in [0, 0.05) is 25.2 Å². The number of likely N-dealkylation sites (tertiary alicyclic amines) is 1. The van der Waals surface area contributed by atoms with E-state index in [-0.39, 0.29) is 11.2 Å². The Morgan fingerprint density at radius 2 is 1.95 bits per heavy atom. The minimum absolute atomic E-state index is 0.0401. The van der Waals surface area contributed by atoms with Gasteiger partial charge in [0.2, 0.25) is 5.91 Å².